The Morgan fingerprint density at radius 1 is 1.12 bits per heavy atom. The van der Waals surface area contributed by atoms with E-state index < -0.39 is 0 Å². The molecule has 0 radical (unpaired) electrons. The monoisotopic (exact) mass is 382 g/mol. The van der Waals surface area contributed by atoms with Crippen molar-refractivity contribution in [2.45, 2.75) is 66.4 Å². The van der Waals surface area contributed by atoms with Gasteiger partial charge in [0.15, 0.2) is 0 Å². The summed E-state index contributed by atoms with van der Waals surface area (Å²) in [5.74, 6) is 0.444. The van der Waals surface area contributed by atoms with Crippen LogP contribution in [0.2, 0.25) is 0 Å². The van der Waals surface area contributed by atoms with Gasteiger partial charge in [-0.2, -0.15) is 0 Å². The van der Waals surface area contributed by atoms with Gasteiger partial charge in [0.2, 0.25) is 0 Å². The molecule has 1 N–H and O–H groups in total. The third-order valence-corrected chi connectivity index (χ3v) is 5.39. The number of rotatable bonds is 6. The second-order valence-corrected chi connectivity index (χ2v) is 7.37. The Labute approximate surface area is 165 Å². The van der Waals surface area contributed by atoms with Crippen LogP contribution < -0.4 is 5.32 Å². The van der Waals surface area contributed by atoms with Gasteiger partial charge in [-0.3, -0.25) is 5.32 Å². The second-order valence-electron chi connectivity index (χ2n) is 7.37. The van der Waals surface area contributed by atoms with Gasteiger partial charge in [0.1, 0.15) is 6.10 Å². The lowest BCUT2D eigenvalue weighted by Gasteiger charge is -2.34. The molecule has 0 bridgehead atoms. The van der Waals surface area contributed by atoms with Crippen LogP contribution in [0.5, 0.6) is 0 Å². The van der Waals surface area contributed by atoms with Crippen molar-refractivity contribution in [3.63, 3.8) is 0 Å². The zero-order valence-corrected chi connectivity index (χ0v) is 17.7. The fourth-order valence-corrected chi connectivity index (χ4v) is 4.00. The van der Waals surface area contributed by atoms with Gasteiger partial charge in [0.05, 0.1) is 0 Å². The number of anilines is 1. The van der Waals surface area contributed by atoms with Crippen LogP contribution in [0.3, 0.4) is 0 Å². The fourth-order valence-electron chi connectivity index (χ4n) is 4.00. The second kappa shape index (κ2) is 10.8. The number of carbonyl (C=O) groups excluding carboxylic acids is 1. The summed E-state index contributed by atoms with van der Waals surface area (Å²) >= 11 is 0. The summed E-state index contributed by atoms with van der Waals surface area (Å²) in [5, 5.41) is 2.98. The SMILES string of the molecule is CCN(CC)C[C@H]1CCCC[C@@H]1OC(=O)Nc1c(C)cc(C)cc1C.Cl. The molecule has 0 aliphatic heterocycles. The predicted molar refractivity (Wildman–Crippen MR) is 112 cm³/mol. The van der Waals surface area contributed by atoms with E-state index in [-0.39, 0.29) is 24.6 Å². The van der Waals surface area contributed by atoms with Crippen molar-refractivity contribution in [1.29, 1.82) is 0 Å². The van der Waals surface area contributed by atoms with Crippen LogP contribution >= 0.6 is 12.4 Å². The zero-order valence-electron chi connectivity index (χ0n) is 16.9. The highest BCUT2D eigenvalue weighted by Gasteiger charge is 2.29. The topological polar surface area (TPSA) is 41.6 Å². The van der Waals surface area contributed by atoms with Gasteiger partial charge in [0.25, 0.3) is 0 Å². The van der Waals surface area contributed by atoms with E-state index in [1.807, 2.05) is 13.8 Å². The number of nitrogens with one attached hydrogen (secondary N) is 1. The third-order valence-electron chi connectivity index (χ3n) is 5.39. The van der Waals surface area contributed by atoms with E-state index in [1.165, 1.54) is 12.0 Å². The highest BCUT2D eigenvalue weighted by atomic mass is 35.5. The standard InChI is InChI=1S/C21H34N2O2.ClH/c1-6-23(7-2)14-18-10-8-9-11-19(18)25-21(24)22-20-16(4)12-15(3)13-17(20)5;/h12-13,18-19H,6-11,14H2,1-5H3,(H,22,24);1H/t18-,19+;/m1./s1. The molecule has 1 aromatic rings. The lowest BCUT2D eigenvalue weighted by molar-refractivity contribution is 0.0309. The number of nitrogens with zero attached hydrogens (tertiary/aromatic N) is 1. The Bertz CT molecular complexity index is 564. The molecular weight excluding hydrogens is 348 g/mol. The van der Waals surface area contributed by atoms with E-state index >= 15 is 0 Å². The smallest absolute Gasteiger partial charge is 0.411 e. The Hall–Kier alpha value is -1.26. The average Bonchev–Trinajstić information content (AvgIpc) is 2.57. The van der Waals surface area contributed by atoms with Gasteiger partial charge in [-0.05, 0) is 64.3 Å². The van der Waals surface area contributed by atoms with E-state index in [9.17, 15) is 4.79 Å². The lowest BCUT2D eigenvalue weighted by Crippen LogP contribution is -2.39. The Balaban J connectivity index is 0.00000338. The maximum absolute atomic E-state index is 12.5. The van der Waals surface area contributed by atoms with Crippen molar-refractivity contribution >= 4 is 24.2 Å². The molecule has 1 aromatic carbocycles. The highest BCUT2D eigenvalue weighted by Crippen LogP contribution is 2.29. The first-order valence-corrected chi connectivity index (χ1v) is 9.72. The summed E-state index contributed by atoms with van der Waals surface area (Å²) in [6, 6.07) is 4.18. The molecule has 2 rings (SSSR count). The van der Waals surface area contributed by atoms with Crippen LogP contribution in [0.25, 0.3) is 0 Å². The molecule has 148 valence electrons. The largest absolute Gasteiger partial charge is 0.446 e. The van der Waals surface area contributed by atoms with Gasteiger partial charge >= 0.3 is 6.09 Å². The van der Waals surface area contributed by atoms with Gasteiger partial charge < -0.3 is 9.64 Å². The molecule has 0 heterocycles. The number of ether oxygens (including phenoxy) is 1. The molecule has 0 aromatic heterocycles. The predicted octanol–water partition coefficient (Wildman–Crippen LogP) is 5.48. The molecule has 1 fully saturated rings. The molecule has 4 nitrogen and oxygen atoms in total. The van der Waals surface area contributed by atoms with Crippen LogP contribution in [0.1, 0.15) is 56.2 Å². The van der Waals surface area contributed by atoms with Crippen molar-refractivity contribution in [3.05, 3.63) is 28.8 Å². The van der Waals surface area contributed by atoms with E-state index in [1.54, 1.807) is 0 Å². The molecule has 2 atom stereocenters. The molecule has 1 saturated carbocycles. The number of aryl methyl sites for hydroxylation is 3. The summed E-state index contributed by atoms with van der Waals surface area (Å²) < 4.78 is 5.86. The number of benzene rings is 1. The first kappa shape index (κ1) is 22.8. The fraction of sp³-hybridized carbons (Fsp3) is 0.667. The summed E-state index contributed by atoms with van der Waals surface area (Å²) in [6.45, 7) is 13.6. The minimum Gasteiger partial charge on any atom is -0.446 e. The number of halogens is 1. The third kappa shape index (κ3) is 6.17. The maximum Gasteiger partial charge on any atom is 0.411 e. The van der Waals surface area contributed by atoms with Crippen molar-refractivity contribution in [3.8, 4) is 0 Å². The average molecular weight is 383 g/mol. The first-order valence-electron chi connectivity index (χ1n) is 9.72. The van der Waals surface area contributed by atoms with Crippen molar-refractivity contribution in [1.82, 2.24) is 4.90 Å². The van der Waals surface area contributed by atoms with E-state index in [0.29, 0.717) is 5.92 Å². The van der Waals surface area contributed by atoms with E-state index in [0.717, 1.165) is 55.7 Å². The van der Waals surface area contributed by atoms with Gasteiger partial charge in [0, 0.05) is 18.2 Å². The summed E-state index contributed by atoms with van der Waals surface area (Å²) in [6.07, 6.45) is 4.23. The molecule has 0 spiro atoms. The van der Waals surface area contributed by atoms with Crippen LogP contribution in [-0.2, 0) is 4.74 Å². The molecule has 0 unspecified atom stereocenters. The normalized spacial score (nSPS) is 19.8. The number of carbonyl (C=O) groups is 1. The molecule has 5 heteroatoms. The quantitative estimate of drug-likeness (QED) is 0.707. The minimum atomic E-state index is -0.313. The first-order chi connectivity index (χ1) is 11.9. The Morgan fingerprint density at radius 2 is 1.69 bits per heavy atom. The number of amides is 1. The van der Waals surface area contributed by atoms with Crippen molar-refractivity contribution in [2.75, 3.05) is 25.0 Å². The molecule has 1 aliphatic rings. The van der Waals surface area contributed by atoms with E-state index in [2.05, 4.69) is 43.1 Å². The maximum atomic E-state index is 12.5. The molecule has 0 saturated heterocycles. The molecular formula is C21H35ClN2O2. The van der Waals surface area contributed by atoms with E-state index in [4.69, 9.17) is 4.74 Å². The summed E-state index contributed by atoms with van der Waals surface area (Å²) in [7, 11) is 0. The van der Waals surface area contributed by atoms with Gasteiger partial charge in [-0.15, -0.1) is 12.4 Å². The lowest BCUT2D eigenvalue weighted by atomic mass is 9.86. The van der Waals surface area contributed by atoms with Crippen molar-refractivity contribution in [2.24, 2.45) is 5.92 Å². The Morgan fingerprint density at radius 3 is 2.27 bits per heavy atom. The van der Waals surface area contributed by atoms with Crippen LogP contribution in [0, 0.1) is 26.7 Å². The summed E-state index contributed by atoms with van der Waals surface area (Å²) in [4.78, 5) is 14.9. The van der Waals surface area contributed by atoms with Gasteiger partial charge in [-0.1, -0.05) is 38.0 Å². The minimum absolute atomic E-state index is 0. The van der Waals surface area contributed by atoms with Crippen LogP contribution in [-0.4, -0.2) is 36.7 Å². The Kier molecular flexibility index (Phi) is 9.45. The van der Waals surface area contributed by atoms with Crippen molar-refractivity contribution < 1.29 is 9.53 Å². The zero-order chi connectivity index (χ0) is 18.4. The molecule has 1 aliphatic carbocycles. The molecule has 26 heavy (non-hydrogen) atoms. The number of hydrogen-bond acceptors (Lipinski definition) is 3. The van der Waals surface area contributed by atoms with Crippen LogP contribution in [0.15, 0.2) is 12.1 Å². The highest BCUT2D eigenvalue weighted by molar-refractivity contribution is 5.87. The van der Waals surface area contributed by atoms with Crippen LogP contribution in [0.4, 0.5) is 10.5 Å². The summed E-state index contributed by atoms with van der Waals surface area (Å²) in [5.41, 5.74) is 4.25. The van der Waals surface area contributed by atoms with Gasteiger partial charge in [-0.25, -0.2) is 4.79 Å². The number of hydrogen-bond donors (Lipinski definition) is 1. The molecule has 1 amide bonds.